The lowest BCUT2D eigenvalue weighted by Crippen LogP contribution is -2.49. The number of aromatic nitrogens is 2. The van der Waals surface area contributed by atoms with Crippen molar-refractivity contribution in [3.8, 4) is 11.5 Å². The van der Waals surface area contributed by atoms with Crippen molar-refractivity contribution in [2.24, 2.45) is 0 Å². The Morgan fingerprint density at radius 2 is 1.48 bits per heavy atom. The Hall–Kier alpha value is -3.81. The van der Waals surface area contributed by atoms with Gasteiger partial charge in [-0.05, 0) is 54.6 Å². The van der Waals surface area contributed by atoms with E-state index in [-0.39, 0.29) is 5.91 Å². The van der Waals surface area contributed by atoms with E-state index < -0.39 is 0 Å². The zero-order valence-corrected chi connectivity index (χ0v) is 17.6. The number of carbonyl (C=O) groups is 1. The number of hydrogen-bond acceptors (Lipinski definition) is 7. The number of nitrogens with one attached hydrogen (secondary N) is 1. The number of ether oxygens (including phenoxy) is 2. The van der Waals surface area contributed by atoms with Gasteiger partial charge >= 0.3 is 0 Å². The molecule has 1 amide bonds. The molecule has 1 fully saturated rings. The third-order valence-corrected chi connectivity index (χ3v) is 5.19. The normalized spacial score (nSPS) is 13.6. The molecule has 0 spiro atoms. The Labute approximate surface area is 181 Å². The van der Waals surface area contributed by atoms with Gasteiger partial charge in [0.25, 0.3) is 5.91 Å². The first-order chi connectivity index (χ1) is 15.2. The van der Waals surface area contributed by atoms with E-state index >= 15 is 0 Å². The maximum atomic E-state index is 12.8. The molecule has 2 aromatic carbocycles. The van der Waals surface area contributed by atoms with Crippen LogP contribution < -0.4 is 19.7 Å². The van der Waals surface area contributed by atoms with Gasteiger partial charge in [0.05, 0.1) is 14.2 Å². The summed E-state index contributed by atoms with van der Waals surface area (Å²) in [7, 11) is 3.25. The molecule has 0 radical (unpaired) electrons. The highest BCUT2D eigenvalue weighted by Gasteiger charge is 2.23. The second-order valence-electron chi connectivity index (χ2n) is 7.10. The Kier molecular flexibility index (Phi) is 6.16. The maximum absolute atomic E-state index is 12.8. The summed E-state index contributed by atoms with van der Waals surface area (Å²) in [5.74, 6) is 2.93. The van der Waals surface area contributed by atoms with Gasteiger partial charge in [0.1, 0.15) is 17.3 Å². The summed E-state index contributed by atoms with van der Waals surface area (Å²) in [5, 5.41) is 3.28. The maximum Gasteiger partial charge on any atom is 0.253 e. The largest absolute Gasteiger partial charge is 0.497 e. The molecule has 8 heteroatoms. The van der Waals surface area contributed by atoms with Gasteiger partial charge < -0.3 is 24.6 Å². The van der Waals surface area contributed by atoms with E-state index in [4.69, 9.17) is 9.47 Å². The molecule has 160 valence electrons. The van der Waals surface area contributed by atoms with Crippen LogP contribution in [0, 0.1) is 0 Å². The van der Waals surface area contributed by atoms with Crippen LogP contribution in [0.25, 0.3) is 0 Å². The summed E-state index contributed by atoms with van der Waals surface area (Å²) in [6.45, 7) is 2.58. The van der Waals surface area contributed by atoms with Gasteiger partial charge in [-0.1, -0.05) is 0 Å². The van der Waals surface area contributed by atoms with Crippen LogP contribution in [0.2, 0.25) is 0 Å². The second kappa shape index (κ2) is 9.34. The third kappa shape index (κ3) is 4.85. The Morgan fingerprint density at radius 3 is 2.10 bits per heavy atom. The molecular weight excluding hydrogens is 394 g/mol. The fourth-order valence-electron chi connectivity index (χ4n) is 3.42. The summed E-state index contributed by atoms with van der Waals surface area (Å²) >= 11 is 0. The van der Waals surface area contributed by atoms with E-state index in [0.717, 1.165) is 17.2 Å². The van der Waals surface area contributed by atoms with Crippen molar-refractivity contribution >= 4 is 23.4 Å². The molecule has 1 saturated heterocycles. The highest BCUT2D eigenvalue weighted by Crippen LogP contribution is 2.21. The lowest BCUT2D eigenvalue weighted by molar-refractivity contribution is 0.0746. The molecule has 1 aliphatic heterocycles. The fourth-order valence-corrected chi connectivity index (χ4v) is 3.42. The molecule has 3 aromatic rings. The number of nitrogens with zero attached hydrogens (tertiary/aromatic N) is 4. The molecule has 4 rings (SSSR count). The van der Waals surface area contributed by atoms with E-state index in [1.165, 1.54) is 0 Å². The minimum absolute atomic E-state index is 0.0261. The van der Waals surface area contributed by atoms with Gasteiger partial charge in [-0.2, -0.15) is 4.98 Å². The van der Waals surface area contributed by atoms with E-state index in [2.05, 4.69) is 20.2 Å². The number of benzene rings is 2. The van der Waals surface area contributed by atoms with Crippen LogP contribution in [0.5, 0.6) is 11.5 Å². The van der Waals surface area contributed by atoms with Crippen LogP contribution in [-0.2, 0) is 0 Å². The third-order valence-electron chi connectivity index (χ3n) is 5.19. The topological polar surface area (TPSA) is 79.8 Å². The van der Waals surface area contributed by atoms with Crippen molar-refractivity contribution in [1.82, 2.24) is 14.9 Å². The molecule has 0 unspecified atom stereocenters. The first-order valence-electron chi connectivity index (χ1n) is 10.1. The average molecular weight is 419 g/mol. The number of anilines is 3. The summed E-state index contributed by atoms with van der Waals surface area (Å²) in [4.78, 5) is 25.8. The van der Waals surface area contributed by atoms with Crippen LogP contribution in [0.4, 0.5) is 17.5 Å². The molecule has 0 atom stereocenters. The van der Waals surface area contributed by atoms with Crippen molar-refractivity contribution in [3.05, 3.63) is 66.4 Å². The number of piperazine rings is 1. The van der Waals surface area contributed by atoms with E-state index in [0.29, 0.717) is 43.5 Å². The second-order valence-corrected chi connectivity index (χ2v) is 7.10. The van der Waals surface area contributed by atoms with Crippen LogP contribution in [0.3, 0.4) is 0 Å². The van der Waals surface area contributed by atoms with Gasteiger partial charge in [0, 0.05) is 43.6 Å². The highest BCUT2D eigenvalue weighted by atomic mass is 16.5. The number of carbonyl (C=O) groups excluding carboxylic acids is 1. The van der Waals surface area contributed by atoms with Gasteiger partial charge in [0.2, 0.25) is 5.95 Å². The van der Waals surface area contributed by atoms with Crippen LogP contribution in [-0.4, -0.2) is 61.2 Å². The summed E-state index contributed by atoms with van der Waals surface area (Å²) < 4.78 is 10.3. The molecule has 0 saturated carbocycles. The van der Waals surface area contributed by atoms with Crippen molar-refractivity contribution in [2.75, 3.05) is 50.6 Å². The van der Waals surface area contributed by atoms with E-state index in [9.17, 15) is 4.79 Å². The van der Waals surface area contributed by atoms with Gasteiger partial charge in [-0.15, -0.1) is 0 Å². The van der Waals surface area contributed by atoms with Crippen LogP contribution >= 0.6 is 0 Å². The van der Waals surface area contributed by atoms with Gasteiger partial charge in [-0.3, -0.25) is 4.79 Å². The minimum Gasteiger partial charge on any atom is -0.497 e. The van der Waals surface area contributed by atoms with Gasteiger partial charge in [0.15, 0.2) is 0 Å². The fraction of sp³-hybridized carbons (Fsp3) is 0.261. The Balaban J connectivity index is 1.37. The zero-order chi connectivity index (χ0) is 21.6. The van der Waals surface area contributed by atoms with Crippen molar-refractivity contribution in [1.29, 1.82) is 0 Å². The molecular formula is C23H25N5O3. The molecule has 1 N–H and O–H groups in total. The number of methoxy groups -OCH3 is 2. The molecule has 1 aromatic heterocycles. The molecule has 2 heterocycles. The van der Waals surface area contributed by atoms with Crippen LogP contribution in [0.1, 0.15) is 10.4 Å². The standard InChI is InChI=1S/C23H25N5O3/c1-30-19-7-3-17(4-8-19)22(29)27-13-15-28(16-14-27)23-24-12-11-21(26-23)25-18-5-9-20(31-2)10-6-18/h3-12H,13-16H2,1-2H3,(H,24,25,26). The average Bonchev–Trinajstić information content (AvgIpc) is 2.84. The summed E-state index contributed by atoms with van der Waals surface area (Å²) in [6, 6.07) is 16.7. The van der Waals surface area contributed by atoms with Crippen molar-refractivity contribution in [2.45, 2.75) is 0 Å². The highest BCUT2D eigenvalue weighted by molar-refractivity contribution is 5.94. The van der Waals surface area contributed by atoms with E-state index in [1.54, 1.807) is 44.7 Å². The van der Waals surface area contributed by atoms with Gasteiger partial charge in [-0.25, -0.2) is 4.98 Å². The Bertz CT molecular complexity index is 1020. The van der Waals surface area contributed by atoms with E-state index in [1.807, 2.05) is 35.2 Å². The van der Waals surface area contributed by atoms with Crippen molar-refractivity contribution < 1.29 is 14.3 Å². The first-order valence-corrected chi connectivity index (χ1v) is 10.1. The monoisotopic (exact) mass is 419 g/mol. The number of rotatable bonds is 6. The molecule has 31 heavy (non-hydrogen) atoms. The lowest BCUT2D eigenvalue weighted by Gasteiger charge is -2.34. The van der Waals surface area contributed by atoms with Crippen molar-refractivity contribution in [3.63, 3.8) is 0 Å². The molecule has 8 nitrogen and oxygen atoms in total. The quantitative estimate of drug-likeness (QED) is 0.657. The Morgan fingerprint density at radius 1 is 0.871 bits per heavy atom. The predicted octanol–water partition coefficient (Wildman–Crippen LogP) is 3.20. The molecule has 1 aliphatic rings. The zero-order valence-electron chi connectivity index (χ0n) is 17.6. The smallest absolute Gasteiger partial charge is 0.253 e. The SMILES string of the molecule is COc1ccc(Nc2ccnc(N3CCN(C(=O)c4ccc(OC)cc4)CC3)n2)cc1. The number of hydrogen-bond donors (Lipinski definition) is 1. The molecule has 0 bridgehead atoms. The first kappa shape index (κ1) is 20.5. The van der Waals surface area contributed by atoms with Crippen LogP contribution in [0.15, 0.2) is 60.8 Å². The summed E-state index contributed by atoms with van der Waals surface area (Å²) in [5.41, 5.74) is 1.58. The summed E-state index contributed by atoms with van der Waals surface area (Å²) in [6.07, 6.45) is 1.74. The lowest BCUT2D eigenvalue weighted by atomic mass is 10.1. The minimum atomic E-state index is 0.0261. The number of amides is 1. The molecule has 0 aliphatic carbocycles. The predicted molar refractivity (Wildman–Crippen MR) is 119 cm³/mol.